The number of hydrogen-bond donors (Lipinski definition) is 0. The van der Waals surface area contributed by atoms with E-state index in [1.54, 1.807) is 17.0 Å². The summed E-state index contributed by atoms with van der Waals surface area (Å²) < 4.78 is 10.7. The number of methoxy groups -OCH3 is 1. The Hall–Kier alpha value is -2.04. The summed E-state index contributed by atoms with van der Waals surface area (Å²) in [6.07, 6.45) is 5.07. The molecule has 0 saturated carbocycles. The van der Waals surface area contributed by atoms with Crippen LogP contribution in [0.3, 0.4) is 0 Å². The number of hydrogen-bond acceptors (Lipinski definition) is 4. The zero-order valence-corrected chi connectivity index (χ0v) is 12.6. The highest BCUT2D eigenvalue weighted by molar-refractivity contribution is 5.99. The van der Waals surface area contributed by atoms with Crippen LogP contribution in [0.4, 0.5) is 5.69 Å². The Balaban J connectivity index is 2.27. The molecule has 5 heteroatoms. The summed E-state index contributed by atoms with van der Waals surface area (Å²) in [5, 5.41) is 0. The number of carbonyl (C=O) groups excluding carboxylic acids is 2. The molecule has 0 N–H and O–H groups in total. The van der Waals surface area contributed by atoms with E-state index in [0.29, 0.717) is 29.3 Å². The van der Waals surface area contributed by atoms with Crippen LogP contribution >= 0.6 is 0 Å². The lowest BCUT2D eigenvalue weighted by molar-refractivity contribution is -0.121. The molecule has 1 aliphatic heterocycles. The van der Waals surface area contributed by atoms with Crippen molar-refractivity contribution in [2.24, 2.45) is 0 Å². The van der Waals surface area contributed by atoms with Crippen molar-refractivity contribution in [2.75, 3.05) is 25.2 Å². The Bertz CT molecular complexity index is 527. The first-order valence-corrected chi connectivity index (χ1v) is 7.31. The second kappa shape index (κ2) is 7.11. The first kappa shape index (κ1) is 15.4. The molecule has 0 aliphatic carbocycles. The van der Waals surface area contributed by atoms with Gasteiger partial charge in [-0.25, -0.2) is 0 Å². The van der Waals surface area contributed by atoms with Crippen LogP contribution in [0, 0.1) is 0 Å². The minimum Gasteiger partial charge on any atom is -0.493 e. The van der Waals surface area contributed by atoms with E-state index < -0.39 is 0 Å². The standard InChI is InChI=1S/C16H21NO4/c1-3-4-5-6-7-17-13-8-12(10-18)9-14(20-2)16(13)21-11-15(17)19/h8-10H,3-7,11H2,1-2H3. The minimum absolute atomic E-state index is 0.0115. The molecule has 0 aromatic heterocycles. The highest BCUT2D eigenvalue weighted by atomic mass is 16.5. The van der Waals surface area contributed by atoms with E-state index in [0.717, 1.165) is 32.0 Å². The molecule has 0 saturated heterocycles. The average molecular weight is 291 g/mol. The van der Waals surface area contributed by atoms with E-state index in [2.05, 4.69) is 6.92 Å². The van der Waals surface area contributed by atoms with Crippen molar-refractivity contribution in [3.8, 4) is 11.5 Å². The lowest BCUT2D eigenvalue weighted by Crippen LogP contribution is -2.39. The van der Waals surface area contributed by atoms with E-state index in [1.165, 1.54) is 7.11 Å². The summed E-state index contributed by atoms with van der Waals surface area (Å²) in [6.45, 7) is 2.80. The predicted octanol–water partition coefficient (Wildman–Crippen LogP) is 2.81. The summed E-state index contributed by atoms with van der Waals surface area (Å²) in [6, 6.07) is 3.30. The molecule has 114 valence electrons. The lowest BCUT2D eigenvalue weighted by atomic mass is 10.1. The lowest BCUT2D eigenvalue weighted by Gasteiger charge is -2.30. The quantitative estimate of drug-likeness (QED) is 0.572. The van der Waals surface area contributed by atoms with Gasteiger partial charge in [0.15, 0.2) is 18.1 Å². The van der Waals surface area contributed by atoms with Gasteiger partial charge in [0.1, 0.15) is 6.29 Å². The normalized spacial score (nSPS) is 13.6. The van der Waals surface area contributed by atoms with Gasteiger partial charge in [-0.3, -0.25) is 9.59 Å². The molecule has 0 radical (unpaired) electrons. The number of aldehydes is 1. The smallest absolute Gasteiger partial charge is 0.265 e. The minimum atomic E-state index is -0.0795. The van der Waals surface area contributed by atoms with Crippen molar-refractivity contribution in [2.45, 2.75) is 32.6 Å². The molecule has 0 unspecified atom stereocenters. The van der Waals surface area contributed by atoms with Gasteiger partial charge in [0.2, 0.25) is 0 Å². The molecule has 0 spiro atoms. The van der Waals surface area contributed by atoms with Crippen LogP contribution in [0.15, 0.2) is 12.1 Å². The summed E-state index contributed by atoms with van der Waals surface area (Å²) in [5.74, 6) is 0.947. The first-order valence-electron chi connectivity index (χ1n) is 7.31. The Labute approximate surface area is 124 Å². The topological polar surface area (TPSA) is 55.8 Å². The molecule has 1 aliphatic rings. The molecule has 0 atom stereocenters. The first-order chi connectivity index (χ1) is 10.2. The van der Waals surface area contributed by atoms with Crippen LogP contribution in [-0.2, 0) is 4.79 Å². The molecule has 0 fully saturated rings. The molecule has 21 heavy (non-hydrogen) atoms. The Morgan fingerprint density at radius 2 is 2.14 bits per heavy atom. The van der Waals surface area contributed by atoms with Crippen molar-refractivity contribution in [1.29, 1.82) is 0 Å². The van der Waals surface area contributed by atoms with E-state index in [1.807, 2.05) is 0 Å². The van der Waals surface area contributed by atoms with E-state index in [4.69, 9.17) is 9.47 Å². The summed E-state index contributed by atoms with van der Waals surface area (Å²) in [5.41, 5.74) is 1.10. The number of benzene rings is 1. The van der Waals surface area contributed by atoms with Crippen LogP contribution in [-0.4, -0.2) is 32.5 Å². The van der Waals surface area contributed by atoms with Gasteiger partial charge >= 0.3 is 0 Å². The van der Waals surface area contributed by atoms with Crippen molar-refractivity contribution in [3.05, 3.63) is 17.7 Å². The van der Waals surface area contributed by atoms with E-state index in [-0.39, 0.29) is 12.5 Å². The van der Waals surface area contributed by atoms with Crippen LogP contribution in [0.2, 0.25) is 0 Å². The number of nitrogens with zero attached hydrogens (tertiary/aromatic N) is 1. The van der Waals surface area contributed by atoms with Gasteiger partial charge in [-0.05, 0) is 18.6 Å². The van der Waals surface area contributed by atoms with E-state index in [9.17, 15) is 9.59 Å². The number of carbonyl (C=O) groups is 2. The molecule has 1 amide bonds. The number of anilines is 1. The third kappa shape index (κ3) is 3.35. The monoisotopic (exact) mass is 291 g/mol. The molecule has 1 aromatic carbocycles. The summed E-state index contributed by atoms with van der Waals surface area (Å²) in [4.78, 5) is 24.8. The van der Waals surface area contributed by atoms with Gasteiger partial charge in [0, 0.05) is 12.1 Å². The van der Waals surface area contributed by atoms with Crippen LogP contribution < -0.4 is 14.4 Å². The summed E-state index contributed by atoms with van der Waals surface area (Å²) >= 11 is 0. The van der Waals surface area contributed by atoms with Crippen molar-refractivity contribution in [1.82, 2.24) is 0 Å². The van der Waals surface area contributed by atoms with Crippen molar-refractivity contribution >= 4 is 17.9 Å². The fourth-order valence-electron chi connectivity index (χ4n) is 2.46. The molecular weight excluding hydrogens is 270 g/mol. The molecule has 2 rings (SSSR count). The second-order valence-electron chi connectivity index (χ2n) is 5.08. The highest BCUT2D eigenvalue weighted by Crippen LogP contribution is 2.41. The van der Waals surface area contributed by atoms with Gasteiger partial charge in [0.05, 0.1) is 12.8 Å². The van der Waals surface area contributed by atoms with Gasteiger partial charge in [0.25, 0.3) is 5.91 Å². The maximum Gasteiger partial charge on any atom is 0.265 e. The van der Waals surface area contributed by atoms with E-state index >= 15 is 0 Å². The Kier molecular flexibility index (Phi) is 5.20. The van der Waals surface area contributed by atoms with Gasteiger partial charge < -0.3 is 14.4 Å². The number of ether oxygens (including phenoxy) is 2. The third-order valence-electron chi connectivity index (χ3n) is 3.58. The zero-order valence-electron chi connectivity index (χ0n) is 12.6. The van der Waals surface area contributed by atoms with Crippen molar-refractivity contribution in [3.63, 3.8) is 0 Å². The summed E-state index contributed by atoms with van der Waals surface area (Å²) in [7, 11) is 1.52. The van der Waals surface area contributed by atoms with Gasteiger partial charge in [-0.2, -0.15) is 0 Å². The molecule has 0 bridgehead atoms. The SMILES string of the molecule is CCCCCCN1C(=O)COc2c(OC)cc(C=O)cc21. The number of unbranched alkanes of at least 4 members (excludes halogenated alkanes) is 3. The van der Waals surface area contributed by atoms with Crippen molar-refractivity contribution < 1.29 is 19.1 Å². The average Bonchev–Trinajstić information content (AvgIpc) is 2.51. The Morgan fingerprint density at radius 3 is 2.81 bits per heavy atom. The zero-order chi connectivity index (χ0) is 15.2. The fraction of sp³-hybridized carbons (Fsp3) is 0.500. The van der Waals surface area contributed by atoms with Crippen LogP contribution in [0.5, 0.6) is 11.5 Å². The largest absolute Gasteiger partial charge is 0.493 e. The number of fused-ring (bicyclic) bond motifs is 1. The predicted molar refractivity (Wildman–Crippen MR) is 80.4 cm³/mol. The third-order valence-corrected chi connectivity index (χ3v) is 3.58. The fourth-order valence-corrected chi connectivity index (χ4v) is 2.46. The highest BCUT2D eigenvalue weighted by Gasteiger charge is 2.28. The van der Waals surface area contributed by atoms with Crippen LogP contribution in [0.1, 0.15) is 43.0 Å². The maximum atomic E-state index is 12.1. The molecule has 5 nitrogen and oxygen atoms in total. The number of rotatable bonds is 7. The van der Waals surface area contributed by atoms with Crippen LogP contribution in [0.25, 0.3) is 0 Å². The molecular formula is C16H21NO4. The molecule has 1 aromatic rings. The Morgan fingerprint density at radius 1 is 1.33 bits per heavy atom. The van der Waals surface area contributed by atoms with Gasteiger partial charge in [-0.1, -0.05) is 26.2 Å². The maximum absolute atomic E-state index is 12.1. The second-order valence-corrected chi connectivity index (χ2v) is 5.08. The number of amides is 1. The molecule has 1 heterocycles. The van der Waals surface area contributed by atoms with Gasteiger partial charge in [-0.15, -0.1) is 0 Å².